The fraction of sp³-hybridized carbons (Fsp3) is 0.0968. The average molecular weight is 439 g/mol. The van der Waals surface area contributed by atoms with Crippen molar-refractivity contribution in [1.29, 1.82) is 0 Å². The molecular weight excluding hydrogens is 414 g/mol. The van der Waals surface area contributed by atoms with Crippen molar-refractivity contribution in [3.63, 3.8) is 0 Å². The van der Waals surface area contributed by atoms with Gasteiger partial charge in [-0.3, -0.25) is 0 Å². The van der Waals surface area contributed by atoms with Crippen LogP contribution in [0.15, 0.2) is 97.3 Å². The highest BCUT2D eigenvalue weighted by Crippen LogP contribution is 2.41. The molecular formula is C31H24N3+. The molecule has 0 saturated carbocycles. The number of rotatable bonds is 3. The first kappa shape index (κ1) is 20.2. The lowest BCUT2D eigenvalue weighted by Crippen LogP contribution is -2.30. The highest BCUT2D eigenvalue weighted by molar-refractivity contribution is 5.87. The average Bonchev–Trinajstić information content (AvgIpc) is 3.43. The summed E-state index contributed by atoms with van der Waals surface area (Å²) in [5.74, 6) is 1.12. The number of hydrogen-bond donors (Lipinski definition) is 0. The summed E-state index contributed by atoms with van der Waals surface area (Å²) in [6.45, 7) is 12.7. The molecule has 0 bridgehead atoms. The molecule has 162 valence electrons. The molecule has 0 radical (unpaired) electrons. The van der Waals surface area contributed by atoms with E-state index in [1.54, 1.807) is 0 Å². The van der Waals surface area contributed by atoms with Crippen molar-refractivity contribution in [2.24, 2.45) is 0 Å². The Kier molecular flexibility index (Phi) is 4.67. The van der Waals surface area contributed by atoms with Gasteiger partial charge in [0.15, 0.2) is 5.69 Å². The topological polar surface area (TPSA) is 13.2 Å². The van der Waals surface area contributed by atoms with Gasteiger partial charge in [0.25, 0.3) is 5.82 Å². The van der Waals surface area contributed by atoms with Crippen molar-refractivity contribution in [1.82, 2.24) is 4.57 Å². The number of nitrogens with zero attached hydrogens (tertiary/aromatic N) is 3. The molecule has 0 fully saturated rings. The lowest BCUT2D eigenvalue weighted by atomic mass is 9.93. The van der Waals surface area contributed by atoms with E-state index in [1.165, 1.54) is 33.4 Å². The first-order chi connectivity index (χ1) is 16.6. The number of imidazole rings is 1. The zero-order chi connectivity index (χ0) is 23.2. The van der Waals surface area contributed by atoms with E-state index in [0.717, 1.165) is 34.9 Å². The van der Waals surface area contributed by atoms with Gasteiger partial charge in [-0.1, -0.05) is 66.7 Å². The van der Waals surface area contributed by atoms with Crippen molar-refractivity contribution >= 4 is 5.69 Å². The van der Waals surface area contributed by atoms with Crippen molar-refractivity contribution < 1.29 is 4.57 Å². The minimum atomic E-state index is 0.718. The molecule has 0 unspecified atom stereocenters. The van der Waals surface area contributed by atoms with Crippen molar-refractivity contribution in [2.75, 3.05) is 0 Å². The standard InChI is InChI=1S/C31H24N3/c1-21-16-26(23-10-6-4-7-11-23)30(27(17-21)24-12-8-5-9-13-24)34-15-14-33-20-25-18-22(2)29(32-3)19-28(25)31(33)34/h4-19H,20H2,1-2H3/q+1. The van der Waals surface area contributed by atoms with E-state index in [1.807, 2.05) is 6.92 Å². The van der Waals surface area contributed by atoms with Crippen LogP contribution in [0.1, 0.15) is 16.7 Å². The normalized spacial score (nSPS) is 11.7. The van der Waals surface area contributed by atoms with E-state index in [2.05, 4.69) is 118 Å². The number of benzene rings is 4. The van der Waals surface area contributed by atoms with Gasteiger partial charge in [-0.15, -0.1) is 0 Å². The summed E-state index contributed by atoms with van der Waals surface area (Å²) >= 11 is 0. The number of aryl methyl sites for hydroxylation is 2. The molecule has 3 nitrogen and oxygen atoms in total. The maximum absolute atomic E-state index is 7.64. The van der Waals surface area contributed by atoms with Crippen molar-refractivity contribution in [3.8, 4) is 39.3 Å². The molecule has 34 heavy (non-hydrogen) atoms. The number of hydrogen-bond acceptors (Lipinski definition) is 0. The van der Waals surface area contributed by atoms with Crippen LogP contribution >= 0.6 is 0 Å². The van der Waals surface area contributed by atoms with Gasteiger partial charge < -0.3 is 0 Å². The molecule has 3 heteroatoms. The van der Waals surface area contributed by atoms with Crippen molar-refractivity contribution in [3.05, 3.63) is 125 Å². The third-order valence-corrected chi connectivity index (χ3v) is 6.68. The number of fused-ring (bicyclic) bond motifs is 3. The molecule has 4 aromatic carbocycles. The van der Waals surface area contributed by atoms with Crippen molar-refractivity contribution in [2.45, 2.75) is 20.4 Å². The summed E-state index contributed by atoms with van der Waals surface area (Å²) in [7, 11) is 0. The van der Waals surface area contributed by atoms with Crippen LogP contribution in [0.25, 0.3) is 44.2 Å². The fourth-order valence-corrected chi connectivity index (χ4v) is 5.13. The van der Waals surface area contributed by atoms with E-state index in [4.69, 9.17) is 6.57 Å². The Hall–Kier alpha value is -4.42. The zero-order valence-electron chi connectivity index (χ0n) is 19.3. The van der Waals surface area contributed by atoms with Gasteiger partial charge in [-0.25, -0.2) is 9.41 Å². The molecule has 0 aliphatic carbocycles. The van der Waals surface area contributed by atoms with Gasteiger partial charge in [0.05, 0.1) is 12.1 Å². The molecule has 0 N–H and O–H groups in total. The van der Waals surface area contributed by atoms with Gasteiger partial charge in [0, 0.05) is 16.7 Å². The van der Waals surface area contributed by atoms with E-state index >= 15 is 0 Å². The molecule has 5 aromatic rings. The molecule has 0 amide bonds. The Morgan fingerprint density at radius 1 is 0.794 bits per heavy atom. The Balaban J connectivity index is 1.69. The first-order valence-corrected chi connectivity index (χ1v) is 11.5. The molecule has 0 atom stereocenters. The Morgan fingerprint density at radius 2 is 1.41 bits per heavy atom. The molecule has 0 spiro atoms. The maximum Gasteiger partial charge on any atom is 0.293 e. The van der Waals surface area contributed by atoms with Gasteiger partial charge in [-0.2, -0.15) is 4.57 Å². The van der Waals surface area contributed by atoms with E-state index < -0.39 is 0 Å². The van der Waals surface area contributed by atoms with Crippen LogP contribution in [0.5, 0.6) is 0 Å². The summed E-state index contributed by atoms with van der Waals surface area (Å²) in [5.41, 5.74) is 11.3. The van der Waals surface area contributed by atoms with E-state index in [9.17, 15) is 0 Å². The minimum absolute atomic E-state index is 0.718. The largest absolute Gasteiger partial charge is 0.293 e. The molecule has 0 saturated heterocycles. The predicted octanol–water partition coefficient (Wildman–Crippen LogP) is 7.30. The molecule has 1 aromatic heterocycles. The maximum atomic E-state index is 7.64. The predicted molar refractivity (Wildman–Crippen MR) is 137 cm³/mol. The van der Waals surface area contributed by atoms with E-state index in [-0.39, 0.29) is 0 Å². The summed E-state index contributed by atoms with van der Waals surface area (Å²) in [5, 5.41) is 0. The van der Waals surface area contributed by atoms with E-state index in [0.29, 0.717) is 0 Å². The van der Waals surface area contributed by atoms with Gasteiger partial charge in [0.2, 0.25) is 0 Å². The molecule has 1 aliphatic heterocycles. The van der Waals surface area contributed by atoms with Gasteiger partial charge in [0.1, 0.15) is 24.6 Å². The molecule has 1 aliphatic rings. The van der Waals surface area contributed by atoms with Crippen LogP contribution in [0.3, 0.4) is 0 Å². The summed E-state index contributed by atoms with van der Waals surface area (Å²) < 4.78 is 4.61. The van der Waals surface area contributed by atoms with Crippen LogP contribution in [0, 0.1) is 20.4 Å². The van der Waals surface area contributed by atoms with Crippen LogP contribution in [0.4, 0.5) is 5.69 Å². The third-order valence-electron chi connectivity index (χ3n) is 6.68. The summed E-state index contributed by atoms with van der Waals surface area (Å²) in [6, 6.07) is 30.0. The minimum Gasteiger partial charge on any atom is -0.238 e. The van der Waals surface area contributed by atoms with Crippen LogP contribution < -0.4 is 4.57 Å². The number of aromatic nitrogens is 2. The molecule has 2 heterocycles. The third kappa shape index (κ3) is 3.16. The van der Waals surface area contributed by atoms with Gasteiger partial charge in [-0.05, 0) is 54.3 Å². The molecule has 6 rings (SSSR count). The second kappa shape index (κ2) is 7.86. The van der Waals surface area contributed by atoms with Crippen LogP contribution in [-0.2, 0) is 6.54 Å². The lowest BCUT2D eigenvalue weighted by molar-refractivity contribution is -0.671. The van der Waals surface area contributed by atoms with Crippen LogP contribution in [0.2, 0.25) is 0 Å². The highest BCUT2D eigenvalue weighted by atomic mass is 15.2. The second-order valence-corrected chi connectivity index (χ2v) is 8.97. The first-order valence-electron chi connectivity index (χ1n) is 11.5. The smallest absolute Gasteiger partial charge is 0.238 e. The summed E-state index contributed by atoms with van der Waals surface area (Å²) in [4.78, 5) is 3.78. The Labute approximate surface area is 200 Å². The lowest BCUT2D eigenvalue weighted by Gasteiger charge is -2.15. The Bertz CT molecular complexity index is 1530. The van der Waals surface area contributed by atoms with Gasteiger partial charge >= 0.3 is 0 Å². The highest BCUT2D eigenvalue weighted by Gasteiger charge is 2.33. The Morgan fingerprint density at radius 3 is 2.00 bits per heavy atom. The zero-order valence-corrected chi connectivity index (χ0v) is 19.3. The van der Waals surface area contributed by atoms with Crippen LogP contribution in [-0.4, -0.2) is 4.57 Å². The SMILES string of the molecule is [C-]#[N+]c1cc2c(cc1C)C[n+]1ccn(-c3c(-c4ccccc4)cc(C)cc3-c3ccccc3)c1-2. The fourth-order valence-electron chi connectivity index (χ4n) is 5.13. The summed E-state index contributed by atoms with van der Waals surface area (Å²) in [6.07, 6.45) is 4.32. The quantitative estimate of drug-likeness (QED) is 0.203. The second-order valence-electron chi connectivity index (χ2n) is 8.97. The monoisotopic (exact) mass is 438 g/mol.